The van der Waals surface area contributed by atoms with Gasteiger partial charge in [0.05, 0.1) is 23.4 Å². The van der Waals surface area contributed by atoms with Crippen LogP contribution in [-0.2, 0) is 17.8 Å². The summed E-state index contributed by atoms with van der Waals surface area (Å²) in [5.74, 6) is 1.56. The van der Waals surface area contributed by atoms with Crippen molar-refractivity contribution >= 4 is 44.2 Å². The lowest BCUT2D eigenvalue weighted by Crippen LogP contribution is -2.37. The number of morpholine rings is 1. The molecule has 0 spiro atoms. The normalized spacial score (nSPS) is 14.2. The molecule has 172 valence electrons. The molecule has 0 bridgehead atoms. The zero-order valence-electron chi connectivity index (χ0n) is 18.8. The number of hydrogen-bond donors (Lipinski definition) is 2. The second kappa shape index (κ2) is 9.42. The first-order chi connectivity index (χ1) is 16.8. The first kappa shape index (κ1) is 21.1. The Kier molecular flexibility index (Phi) is 5.85. The Hall–Kier alpha value is -3.46. The van der Waals surface area contributed by atoms with Crippen molar-refractivity contribution in [3.05, 3.63) is 83.4 Å². The van der Waals surface area contributed by atoms with Crippen LogP contribution in [0.2, 0.25) is 0 Å². The fraction of sp³-hybridized carbons (Fsp3) is 0.231. The number of hydrogen-bond acceptors (Lipinski definition) is 7. The zero-order chi connectivity index (χ0) is 22.7. The second-order valence-corrected chi connectivity index (χ2v) is 9.28. The van der Waals surface area contributed by atoms with E-state index < -0.39 is 0 Å². The van der Waals surface area contributed by atoms with Gasteiger partial charge in [-0.1, -0.05) is 48.5 Å². The molecule has 3 aromatic heterocycles. The topological polar surface area (TPSA) is 67.2 Å². The number of ether oxygens (including phenoxy) is 1. The van der Waals surface area contributed by atoms with Crippen LogP contribution in [0.5, 0.6) is 0 Å². The molecular formula is C26H26N6OS. The number of nitrogens with zero attached hydrogens (tertiary/aromatic N) is 4. The van der Waals surface area contributed by atoms with E-state index in [1.807, 2.05) is 6.07 Å². The average molecular weight is 471 g/mol. The van der Waals surface area contributed by atoms with Gasteiger partial charge in [-0.2, -0.15) is 4.98 Å². The van der Waals surface area contributed by atoms with Crippen LogP contribution in [0.15, 0.2) is 72.2 Å². The first-order valence-corrected chi connectivity index (χ1v) is 12.4. The molecule has 4 heterocycles. The molecule has 0 amide bonds. The predicted molar refractivity (Wildman–Crippen MR) is 138 cm³/mol. The molecule has 0 aliphatic carbocycles. The lowest BCUT2D eigenvalue weighted by molar-refractivity contribution is 0.122. The highest BCUT2D eigenvalue weighted by Gasteiger charge is 2.18. The van der Waals surface area contributed by atoms with E-state index in [1.54, 1.807) is 11.3 Å². The number of benzene rings is 2. The van der Waals surface area contributed by atoms with Crippen molar-refractivity contribution in [3.8, 4) is 0 Å². The minimum absolute atomic E-state index is 0.584. The lowest BCUT2D eigenvalue weighted by Gasteiger charge is -2.28. The summed E-state index contributed by atoms with van der Waals surface area (Å²) >= 11 is 1.68. The largest absolute Gasteiger partial charge is 0.378 e. The van der Waals surface area contributed by atoms with Gasteiger partial charge in [0.1, 0.15) is 0 Å². The highest BCUT2D eigenvalue weighted by atomic mass is 32.1. The van der Waals surface area contributed by atoms with Gasteiger partial charge >= 0.3 is 0 Å². The Morgan fingerprint density at radius 2 is 1.76 bits per heavy atom. The Bertz CT molecular complexity index is 1410. The molecule has 2 aromatic carbocycles. The van der Waals surface area contributed by atoms with E-state index in [-0.39, 0.29) is 0 Å². The van der Waals surface area contributed by atoms with Crippen molar-refractivity contribution in [1.29, 1.82) is 0 Å². The third kappa shape index (κ3) is 4.23. The van der Waals surface area contributed by atoms with Crippen LogP contribution in [0, 0.1) is 0 Å². The van der Waals surface area contributed by atoms with Gasteiger partial charge in [-0.25, -0.2) is 10.4 Å². The first-order valence-electron chi connectivity index (χ1n) is 11.5. The summed E-state index contributed by atoms with van der Waals surface area (Å²) in [6, 6.07) is 21.1. The molecular weight excluding hydrogens is 444 g/mol. The number of para-hydroxylation sites is 1. The fourth-order valence-corrected chi connectivity index (χ4v) is 5.33. The van der Waals surface area contributed by atoms with E-state index in [0.717, 1.165) is 48.9 Å². The van der Waals surface area contributed by atoms with Crippen LogP contribution >= 0.6 is 11.3 Å². The standard InChI is InChI=1S/C26H26N6OS/c1-2-6-19(7-3-1)17-32-18-20(21-8-4-5-9-23(21)32)16-27-30-26-28-22-10-15-34-24(22)25(29-26)31-11-13-33-14-12-31/h1-10,15,18,27H,11-14,16-17H2,(H,28,29,30). The van der Waals surface area contributed by atoms with Crippen molar-refractivity contribution in [3.63, 3.8) is 0 Å². The molecule has 6 rings (SSSR count). The summed E-state index contributed by atoms with van der Waals surface area (Å²) in [6.07, 6.45) is 2.23. The van der Waals surface area contributed by atoms with Gasteiger partial charge in [-0.05, 0) is 28.6 Å². The summed E-state index contributed by atoms with van der Waals surface area (Å²) < 4.78 is 8.96. The highest BCUT2D eigenvalue weighted by Crippen LogP contribution is 2.30. The van der Waals surface area contributed by atoms with Crippen molar-refractivity contribution in [1.82, 2.24) is 20.0 Å². The van der Waals surface area contributed by atoms with E-state index >= 15 is 0 Å². The molecule has 1 aliphatic heterocycles. The Labute approximate surface area is 202 Å². The van der Waals surface area contributed by atoms with Gasteiger partial charge in [0, 0.05) is 43.3 Å². The molecule has 0 radical (unpaired) electrons. The SMILES string of the molecule is c1ccc(Cn2cc(CNNc3nc(N4CCOCC4)c4sccc4n3)c3ccccc32)cc1. The van der Waals surface area contributed by atoms with E-state index in [0.29, 0.717) is 12.5 Å². The maximum absolute atomic E-state index is 5.52. The lowest BCUT2D eigenvalue weighted by atomic mass is 10.2. The van der Waals surface area contributed by atoms with Crippen LogP contribution in [0.25, 0.3) is 21.1 Å². The van der Waals surface area contributed by atoms with E-state index in [1.165, 1.54) is 22.0 Å². The minimum Gasteiger partial charge on any atom is -0.378 e. The van der Waals surface area contributed by atoms with Gasteiger partial charge in [-0.15, -0.1) is 11.3 Å². The number of nitrogens with one attached hydrogen (secondary N) is 2. The number of anilines is 2. The van der Waals surface area contributed by atoms with Gasteiger partial charge in [0.25, 0.3) is 0 Å². The molecule has 5 aromatic rings. The maximum Gasteiger partial charge on any atom is 0.239 e. The molecule has 1 fully saturated rings. The molecule has 0 unspecified atom stereocenters. The number of hydrazine groups is 1. The molecule has 7 nitrogen and oxygen atoms in total. The van der Waals surface area contributed by atoms with Gasteiger partial charge < -0.3 is 14.2 Å². The van der Waals surface area contributed by atoms with Crippen molar-refractivity contribution < 1.29 is 4.74 Å². The maximum atomic E-state index is 5.52. The van der Waals surface area contributed by atoms with Crippen LogP contribution < -0.4 is 15.8 Å². The summed E-state index contributed by atoms with van der Waals surface area (Å²) in [6.45, 7) is 4.64. The summed E-state index contributed by atoms with van der Waals surface area (Å²) in [7, 11) is 0. The van der Waals surface area contributed by atoms with E-state index in [9.17, 15) is 0 Å². The van der Waals surface area contributed by atoms with Crippen LogP contribution in [0.3, 0.4) is 0 Å². The molecule has 1 aliphatic rings. The van der Waals surface area contributed by atoms with Crippen LogP contribution in [0.1, 0.15) is 11.1 Å². The van der Waals surface area contributed by atoms with Crippen molar-refractivity contribution in [2.45, 2.75) is 13.1 Å². The van der Waals surface area contributed by atoms with Gasteiger partial charge in [0.15, 0.2) is 5.82 Å². The van der Waals surface area contributed by atoms with Crippen LogP contribution in [-0.4, -0.2) is 40.8 Å². The smallest absolute Gasteiger partial charge is 0.239 e. The molecule has 8 heteroatoms. The molecule has 2 N–H and O–H groups in total. The molecule has 0 atom stereocenters. The summed E-state index contributed by atoms with van der Waals surface area (Å²) in [5.41, 5.74) is 11.3. The summed E-state index contributed by atoms with van der Waals surface area (Å²) in [4.78, 5) is 11.8. The third-order valence-electron chi connectivity index (χ3n) is 6.14. The number of rotatable bonds is 7. The quantitative estimate of drug-likeness (QED) is 0.338. The second-order valence-electron chi connectivity index (χ2n) is 8.37. The minimum atomic E-state index is 0.584. The Morgan fingerprint density at radius 1 is 0.941 bits per heavy atom. The Morgan fingerprint density at radius 3 is 2.65 bits per heavy atom. The van der Waals surface area contributed by atoms with E-state index in [2.05, 4.69) is 86.5 Å². The van der Waals surface area contributed by atoms with Crippen molar-refractivity contribution in [2.24, 2.45) is 0 Å². The zero-order valence-corrected chi connectivity index (χ0v) is 19.6. The van der Waals surface area contributed by atoms with Gasteiger partial charge in [-0.3, -0.25) is 5.43 Å². The highest BCUT2D eigenvalue weighted by molar-refractivity contribution is 7.17. The number of aromatic nitrogens is 3. The molecule has 1 saturated heterocycles. The fourth-order valence-electron chi connectivity index (χ4n) is 4.49. The van der Waals surface area contributed by atoms with Crippen molar-refractivity contribution in [2.75, 3.05) is 36.6 Å². The average Bonchev–Trinajstić information content (AvgIpc) is 3.50. The third-order valence-corrected chi connectivity index (χ3v) is 7.04. The van der Waals surface area contributed by atoms with Gasteiger partial charge in [0.2, 0.25) is 5.95 Å². The number of thiophene rings is 1. The predicted octanol–water partition coefficient (Wildman–Crippen LogP) is 4.65. The Balaban J connectivity index is 1.22. The number of fused-ring (bicyclic) bond motifs is 2. The van der Waals surface area contributed by atoms with E-state index in [4.69, 9.17) is 14.7 Å². The molecule has 34 heavy (non-hydrogen) atoms. The summed E-state index contributed by atoms with van der Waals surface area (Å²) in [5, 5.41) is 3.32. The molecule has 0 saturated carbocycles. The van der Waals surface area contributed by atoms with Crippen LogP contribution in [0.4, 0.5) is 11.8 Å². The monoisotopic (exact) mass is 470 g/mol.